The van der Waals surface area contributed by atoms with E-state index >= 15 is 0 Å². The maximum atomic E-state index is 10.9. The van der Waals surface area contributed by atoms with Crippen LogP contribution in [0.4, 0.5) is 0 Å². The van der Waals surface area contributed by atoms with Crippen LogP contribution in [-0.4, -0.2) is 16.4 Å². The molecule has 0 atom stereocenters. The monoisotopic (exact) mass is 310 g/mol. The molecule has 0 aliphatic rings. The Bertz CT molecular complexity index is 572. The van der Waals surface area contributed by atoms with E-state index in [1.54, 1.807) is 6.07 Å². The number of carboxylic acids is 1. The van der Waals surface area contributed by atoms with Gasteiger partial charge in [0.1, 0.15) is 4.88 Å². The Labute approximate surface area is 112 Å². The normalized spacial score (nSPS) is 11.4. The lowest BCUT2D eigenvalue weighted by Crippen LogP contribution is -1.89. The number of alkyl halides is 1. The van der Waals surface area contributed by atoms with Gasteiger partial charge in [0, 0.05) is 15.4 Å². The molecule has 0 aliphatic heterocycles. The van der Waals surface area contributed by atoms with Crippen LogP contribution >= 0.6 is 27.3 Å². The van der Waals surface area contributed by atoms with Gasteiger partial charge >= 0.3 is 5.97 Å². The van der Waals surface area contributed by atoms with E-state index in [-0.39, 0.29) is 0 Å². The molecule has 2 aromatic rings. The second-order valence-corrected chi connectivity index (χ2v) is 5.43. The number of allylic oxidation sites excluding steroid dienone is 1. The van der Waals surface area contributed by atoms with Crippen molar-refractivity contribution in [2.45, 2.75) is 6.42 Å². The SMILES string of the molecule is O=C(O)c1cc2c(C=CCCBr)cccc2s1. The number of hydrogen-bond donors (Lipinski definition) is 1. The quantitative estimate of drug-likeness (QED) is 0.850. The van der Waals surface area contributed by atoms with Gasteiger partial charge in [-0.2, -0.15) is 0 Å². The molecule has 2 rings (SSSR count). The molecular weight excluding hydrogens is 300 g/mol. The number of rotatable bonds is 4. The van der Waals surface area contributed by atoms with Crippen LogP contribution in [-0.2, 0) is 0 Å². The molecule has 1 aromatic carbocycles. The third-order valence-corrected chi connectivity index (χ3v) is 3.93. The predicted molar refractivity (Wildman–Crippen MR) is 76.2 cm³/mol. The molecule has 0 fully saturated rings. The summed E-state index contributed by atoms with van der Waals surface area (Å²) in [7, 11) is 0. The molecule has 0 amide bonds. The molecule has 0 saturated carbocycles. The first-order chi connectivity index (χ1) is 8.22. The van der Waals surface area contributed by atoms with Crippen LogP contribution in [0.3, 0.4) is 0 Å². The zero-order valence-corrected chi connectivity index (χ0v) is 11.4. The van der Waals surface area contributed by atoms with E-state index in [0.717, 1.165) is 27.4 Å². The first-order valence-corrected chi connectivity index (χ1v) is 7.14. The fourth-order valence-electron chi connectivity index (χ4n) is 1.61. The molecule has 0 saturated heterocycles. The van der Waals surface area contributed by atoms with E-state index in [4.69, 9.17) is 5.11 Å². The fourth-order valence-corrected chi connectivity index (χ4v) is 2.81. The Morgan fingerprint density at radius 3 is 3.00 bits per heavy atom. The van der Waals surface area contributed by atoms with Crippen molar-refractivity contribution in [2.24, 2.45) is 0 Å². The molecule has 4 heteroatoms. The van der Waals surface area contributed by atoms with Gasteiger partial charge in [-0.25, -0.2) is 4.79 Å². The number of benzene rings is 1. The first kappa shape index (κ1) is 12.3. The van der Waals surface area contributed by atoms with E-state index in [0.29, 0.717) is 4.88 Å². The summed E-state index contributed by atoms with van der Waals surface area (Å²) in [6.45, 7) is 0. The summed E-state index contributed by atoms with van der Waals surface area (Å²) in [6, 6.07) is 7.66. The van der Waals surface area contributed by atoms with Crippen LogP contribution in [0.2, 0.25) is 0 Å². The number of fused-ring (bicyclic) bond motifs is 1. The molecule has 2 nitrogen and oxygen atoms in total. The Morgan fingerprint density at radius 1 is 1.47 bits per heavy atom. The number of aromatic carboxylic acids is 1. The van der Waals surface area contributed by atoms with E-state index in [9.17, 15) is 4.79 Å². The van der Waals surface area contributed by atoms with Gasteiger partial charge in [0.15, 0.2) is 0 Å². The molecule has 0 radical (unpaired) electrons. The topological polar surface area (TPSA) is 37.3 Å². The van der Waals surface area contributed by atoms with Gasteiger partial charge in [-0.15, -0.1) is 11.3 Å². The summed E-state index contributed by atoms with van der Waals surface area (Å²) in [5.41, 5.74) is 1.08. The van der Waals surface area contributed by atoms with E-state index in [2.05, 4.69) is 22.0 Å². The molecule has 0 spiro atoms. The molecule has 0 bridgehead atoms. The predicted octanol–water partition coefficient (Wildman–Crippen LogP) is 4.40. The maximum Gasteiger partial charge on any atom is 0.345 e. The van der Waals surface area contributed by atoms with Crippen LogP contribution < -0.4 is 0 Å². The van der Waals surface area contributed by atoms with Crippen molar-refractivity contribution < 1.29 is 9.90 Å². The molecule has 1 N–H and O–H groups in total. The van der Waals surface area contributed by atoms with Crippen LogP contribution in [0.15, 0.2) is 30.3 Å². The van der Waals surface area contributed by atoms with E-state index in [1.165, 1.54) is 11.3 Å². The minimum Gasteiger partial charge on any atom is -0.477 e. The largest absolute Gasteiger partial charge is 0.477 e. The Kier molecular flexibility index (Phi) is 3.97. The van der Waals surface area contributed by atoms with Gasteiger partial charge in [-0.1, -0.05) is 40.2 Å². The van der Waals surface area contributed by atoms with Crippen molar-refractivity contribution in [3.05, 3.63) is 40.8 Å². The smallest absolute Gasteiger partial charge is 0.345 e. The van der Waals surface area contributed by atoms with Crippen molar-refractivity contribution in [3.63, 3.8) is 0 Å². The van der Waals surface area contributed by atoms with Gasteiger partial charge < -0.3 is 5.11 Å². The zero-order chi connectivity index (χ0) is 12.3. The standard InChI is InChI=1S/C13H11BrO2S/c14-7-2-1-4-9-5-3-6-11-10(9)8-12(17-11)13(15)16/h1,3-6,8H,2,7H2,(H,15,16). The number of hydrogen-bond acceptors (Lipinski definition) is 2. The summed E-state index contributed by atoms with van der Waals surface area (Å²) in [5, 5.41) is 10.9. The second kappa shape index (κ2) is 5.47. The summed E-state index contributed by atoms with van der Waals surface area (Å²) < 4.78 is 1.02. The number of thiophene rings is 1. The van der Waals surface area contributed by atoms with Crippen LogP contribution in [0.1, 0.15) is 21.7 Å². The van der Waals surface area contributed by atoms with Crippen LogP contribution in [0.5, 0.6) is 0 Å². The molecular formula is C13H11BrO2S. The molecule has 0 aliphatic carbocycles. The number of halogens is 1. The highest BCUT2D eigenvalue weighted by atomic mass is 79.9. The Hall–Kier alpha value is -1.13. The molecule has 1 heterocycles. The minimum atomic E-state index is -0.860. The average molecular weight is 311 g/mol. The second-order valence-electron chi connectivity index (χ2n) is 3.55. The van der Waals surface area contributed by atoms with Crippen LogP contribution in [0.25, 0.3) is 16.2 Å². The van der Waals surface area contributed by atoms with Crippen molar-refractivity contribution in [1.82, 2.24) is 0 Å². The van der Waals surface area contributed by atoms with E-state index in [1.807, 2.05) is 24.3 Å². The lowest BCUT2D eigenvalue weighted by atomic mass is 10.1. The Morgan fingerprint density at radius 2 is 2.29 bits per heavy atom. The molecule has 17 heavy (non-hydrogen) atoms. The third-order valence-electron chi connectivity index (χ3n) is 2.38. The summed E-state index contributed by atoms with van der Waals surface area (Å²) in [6.07, 6.45) is 5.09. The third kappa shape index (κ3) is 2.76. The summed E-state index contributed by atoms with van der Waals surface area (Å²) >= 11 is 4.69. The lowest BCUT2D eigenvalue weighted by Gasteiger charge is -1.95. The zero-order valence-electron chi connectivity index (χ0n) is 9.02. The Balaban J connectivity index is 2.45. The van der Waals surface area contributed by atoms with Crippen molar-refractivity contribution in [3.8, 4) is 0 Å². The van der Waals surface area contributed by atoms with E-state index < -0.39 is 5.97 Å². The molecule has 1 aromatic heterocycles. The van der Waals surface area contributed by atoms with Crippen molar-refractivity contribution in [2.75, 3.05) is 5.33 Å². The number of carbonyl (C=O) groups is 1. The highest BCUT2D eigenvalue weighted by molar-refractivity contribution is 9.09. The molecule has 88 valence electrons. The average Bonchev–Trinajstić information content (AvgIpc) is 2.74. The summed E-state index contributed by atoms with van der Waals surface area (Å²) in [4.78, 5) is 11.3. The van der Waals surface area contributed by atoms with Gasteiger partial charge in [0.05, 0.1) is 0 Å². The van der Waals surface area contributed by atoms with Crippen molar-refractivity contribution >= 4 is 49.4 Å². The van der Waals surface area contributed by atoms with Gasteiger partial charge in [0.2, 0.25) is 0 Å². The summed E-state index contributed by atoms with van der Waals surface area (Å²) in [5.74, 6) is -0.860. The van der Waals surface area contributed by atoms with Crippen LogP contribution in [0, 0.1) is 0 Å². The van der Waals surface area contributed by atoms with Crippen molar-refractivity contribution in [1.29, 1.82) is 0 Å². The first-order valence-electron chi connectivity index (χ1n) is 5.20. The molecule has 0 unspecified atom stereocenters. The highest BCUT2D eigenvalue weighted by Crippen LogP contribution is 2.29. The highest BCUT2D eigenvalue weighted by Gasteiger charge is 2.09. The fraction of sp³-hybridized carbons (Fsp3) is 0.154. The maximum absolute atomic E-state index is 10.9. The van der Waals surface area contributed by atoms with Gasteiger partial charge in [0.25, 0.3) is 0 Å². The number of carboxylic acid groups (broad SMARTS) is 1. The van der Waals surface area contributed by atoms with Gasteiger partial charge in [-0.3, -0.25) is 0 Å². The lowest BCUT2D eigenvalue weighted by molar-refractivity contribution is 0.0702. The minimum absolute atomic E-state index is 0.390. The van der Waals surface area contributed by atoms with Gasteiger partial charge in [-0.05, 0) is 24.1 Å².